The highest BCUT2D eigenvalue weighted by atomic mass is 35.5. The zero-order chi connectivity index (χ0) is 18.4. The summed E-state index contributed by atoms with van der Waals surface area (Å²) in [6, 6.07) is 10.9. The Morgan fingerprint density at radius 2 is 2.08 bits per heavy atom. The first-order valence-corrected chi connectivity index (χ1v) is 8.89. The molecule has 0 bridgehead atoms. The van der Waals surface area contributed by atoms with Gasteiger partial charge in [-0.05, 0) is 42.8 Å². The van der Waals surface area contributed by atoms with Gasteiger partial charge < -0.3 is 14.6 Å². The van der Waals surface area contributed by atoms with Crippen molar-refractivity contribution in [2.75, 3.05) is 19.0 Å². The van der Waals surface area contributed by atoms with Crippen LogP contribution < -0.4 is 5.32 Å². The van der Waals surface area contributed by atoms with Crippen LogP contribution in [0.25, 0.3) is 11.2 Å². The molecular formula is C19H21ClN4O2. The number of aromatic nitrogens is 3. The lowest BCUT2D eigenvalue weighted by atomic mass is 10.2. The van der Waals surface area contributed by atoms with E-state index in [9.17, 15) is 4.79 Å². The summed E-state index contributed by atoms with van der Waals surface area (Å²) in [5, 5.41) is 3.52. The minimum Gasteiger partial charge on any atom is -0.383 e. The predicted octanol–water partition coefficient (Wildman–Crippen LogP) is 3.69. The van der Waals surface area contributed by atoms with Crippen LogP contribution in [0.15, 0.2) is 42.6 Å². The van der Waals surface area contributed by atoms with Gasteiger partial charge in [-0.1, -0.05) is 11.6 Å². The minimum absolute atomic E-state index is 0.0231. The summed E-state index contributed by atoms with van der Waals surface area (Å²) < 4.78 is 7.25. The van der Waals surface area contributed by atoms with E-state index in [2.05, 4.69) is 19.9 Å². The second kappa shape index (κ2) is 8.78. The van der Waals surface area contributed by atoms with E-state index in [-0.39, 0.29) is 5.91 Å². The third-order valence-electron chi connectivity index (χ3n) is 4.03. The minimum atomic E-state index is -0.0231. The fourth-order valence-electron chi connectivity index (χ4n) is 2.78. The van der Waals surface area contributed by atoms with E-state index in [1.54, 1.807) is 37.6 Å². The molecule has 0 aliphatic carbocycles. The van der Waals surface area contributed by atoms with Crippen molar-refractivity contribution in [1.82, 2.24) is 14.5 Å². The van der Waals surface area contributed by atoms with Crippen molar-refractivity contribution < 1.29 is 9.53 Å². The topological polar surface area (TPSA) is 69.0 Å². The smallest absolute Gasteiger partial charge is 0.224 e. The lowest BCUT2D eigenvalue weighted by Crippen LogP contribution is -2.13. The number of carbonyl (C=O) groups excluding carboxylic acids is 1. The quantitative estimate of drug-likeness (QED) is 0.654. The highest BCUT2D eigenvalue weighted by Crippen LogP contribution is 2.16. The molecule has 0 saturated heterocycles. The molecule has 2 heterocycles. The highest BCUT2D eigenvalue weighted by molar-refractivity contribution is 6.30. The standard InChI is InChI=1S/C19H21ClN4O2/c1-26-13-12-24-17(23-16-4-3-11-21-19(16)24)5-2-6-18(25)22-15-9-7-14(20)8-10-15/h3-4,7-11H,2,5-6,12-13H2,1H3,(H,22,25). The zero-order valence-corrected chi connectivity index (χ0v) is 15.4. The first-order chi connectivity index (χ1) is 12.7. The molecule has 3 aromatic rings. The highest BCUT2D eigenvalue weighted by Gasteiger charge is 2.12. The fraction of sp³-hybridized carbons (Fsp3) is 0.316. The Kier molecular flexibility index (Phi) is 6.20. The number of halogens is 1. The molecule has 0 spiro atoms. The third kappa shape index (κ3) is 4.59. The normalized spacial score (nSPS) is 11.0. The fourth-order valence-corrected chi connectivity index (χ4v) is 2.90. The number of carbonyl (C=O) groups is 1. The molecule has 6 nitrogen and oxygen atoms in total. The Morgan fingerprint density at radius 1 is 1.27 bits per heavy atom. The van der Waals surface area contributed by atoms with Gasteiger partial charge in [-0.25, -0.2) is 9.97 Å². The lowest BCUT2D eigenvalue weighted by molar-refractivity contribution is -0.116. The summed E-state index contributed by atoms with van der Waals surface area (Å²) in [7, 11) is 1.67. The van der Waals surface area contributed by atoms with Crippen LogP contribution in [0.4, 0.5) is 5.69 Å². The van der Waals surface area contributed by atoms with Gasteiger partial charge in [0.1, 0.15) is 11.3 Å². The van der Waals surface area contributed by atoms with Crippen LogP contribution in [0.5, 0.6) is 0 Å². The van der Waals surface area contributed by atoms with E-state index < -0.39 is 0 Å². The molecule has 3 rings (SSSR count). The molecule has 7 heteroatoms. The van der Waals surface area contributed by atoms with E-state index in [0.717, 1.165) is 22.7 Å². The molecule has 0 fully saturated rings. The molecular weight excluding hydrogens is 352 g/mol. The van der Waals surface area contributed by atoms with Crippen LogP contribution in [-0.4, -0.2) is 34.2 Å². The molecule has 0 unspecified atom stereocenters. The summed E-state index contributed by atoms with van der Waals surface area (Å²) in [6.07, 6.45) is 3.59. The molecule has 0 atom stereocenters. The Hall–Kier alpha value is -2.44. The zero-order valence-electron chi connectivity index (χ0n) is 14.6. The van der Waals surface area contributed by atoms with E-state index in [1.807, 2.05) is 12.1 Å². The van der Waals surface area contributed by atoms with Crippen LogP contribution in [0.3, 0.4) is 0 Å². The third-order valence-corrected chi connectivity index (χ3v) is 4.29. The molecule has 0 saturated carbocycles. The SMILES string of the molecule is COCCn1c(CCCC(=O)Nc2ccc(Cl)cc2)nc2cccnc21. The van der Waals surface area contributed by atoms with E-state index in [1.165, 1.54) is 0 Å². The maximum Gasteiger partial charge on any atom is 0.224 e. The molecule has 1 aromatic carbocycles. The van der Waals surface area contributed by atoms with Crippen LogP contribution >= 0.6 is 11.6 Å². The average Bonchev–Trinajstić information content (AvgIpc) is 2.99. The van der Waals surface area contributed by atoms with Gasteiger partial charge in [0.15, 0.2) is 5.65 Å². The number of fused-ring (bicyclic) bond motifs is 1. The van der Waals surface area contributed by atoms with Crippen LogP contribution in [0, 0.1) is 0 Å². The van der Waals surface area contributed by atoms with Crippen LogP contribution in [0.1, 0.15) is 18.7 Å². The maximum atomic E-state index is 12.1. The van der Waals surface area contributed by atoms with E-state index >= 15 is 0 Å². The van der Waals surface area contributed by atoms with Crippen molar-refractivity contribution in [2.24, 2.45) is 0 Å². The van der Waals surface area contributed by atoms with E-state index in [4.69, 9.17) is 16.3 Å². The molecule has 0 aliphatic heterocycles. The Labute approximate surface area is 157 Å². The van der Waals surface area contributed by atoms with Crippen molar-refractivity contribution >= 4 is 34.4 Å². The van der Waals surface area contributed by atoms with Crippen molar-refractivity contribution in [3.63, 3.8) is 0 Å². The number of nitrogens with one attached hydrogen (secondary N) is 1. The van der Waals surface area contributed by atoms with Gasteiger partial charge in [-0.3, -0.25) is 4.79 Å². The van der Waals surface area contributed by atoms with Crippen molar-refractivity contribution in [3.05, 3.63) is 53.4 Å². The number of rotatable bonds is 8. The number of ether oxygens (including phenoxy) is 1. The Morgan fingerprint density at radius 3 is 2.85 bits per heavy atom. The largest absolute Gasteiger partial charge is 0.383 e. The predicted molar refractivity (Wildman–Crippen MR) is 102 cm³/mol. The number of anilines is 1. The van der Waals surface area contributed by atoms with Gasteiger partial charge in [0.2, 0.25) is 5.91 Å². The Bertz CT molecular complexity index is 877. The molecule has 136 valence electrons. The molecule has 26 heavy (non-hydrogen) atoms. The van der Waals surface area contributed by atoms with E-state index in [0.29, 0.717) is 37.4 Å². The Balaban J connectivity index is 1.60. The molecule has 1 amide bonds. The van der Waals surface area contributed by atoms with Crippen molar-refractivity contribution in [2.45, 2.75) is 25.8 Å². The molecule has 0 aliphatic rings. The van der Waals surface area contributed by atoms with Gasteiger partial charge in [-0.2, -0.15) is 0 Å². The second-order valence-corrected chi connectivity index (χ2v) is 6.36. The lowest BCUT2D eigenvalue weighted by Gasteiger charge is -2.08. The average molecular weight is 373 g/mol. The maximum absolute atomic E-state index is 12.1. The number of imidazole rings is 1. The van der Waals surface area contributed by atoms with Gasteiger partial charge in [0, 0.05) is 43.4 Å². The monoisotopic (exact) mass is 372 g/mol. The number of hydrogen-bond acceptors (Lipinski definition) is 4. The molecule has 0 radical (unpaired) electrons. The van der Waals surface area contributed by atoms with Crippen molar-refractivity contribution in [3.8, 4) is 0 Å². The summed E-state index contributed by atoms with van der Waals surface area (Å²) in [5.41, 5.74) is 2.46. The van der Waals surface area contributed by atoms with Crippen LogP contribution in [-0.2, 0) is 22.5 Å². The number of aryl methyl sites for hydroxylation is 1. The number of nitrogens with zero attached hydrogens (tertiary/aromatic N) is 3. The van der Waals surface area contributed by atoms with Gasteiger partial charge in [0.25, 0.3) is 0 Å². The van der Waals surface area contributed by atoms with Gasteiger partial charge in [0.05, 0.1) is 6.61 Å². The summed E-state index contributed by atoms with van der Waals surface area (Å²) in [6.45, 7) is 1.28. The molecule has 2 aromatic heterocycles. The first kappa shape index (κ1) is 18.4. The summed E-state index contributed by atoms with van der Waals surface area (Å²) in [5.74, 6) is 0.903. The second-order valence-electron chi connectivity index (χ2n) is 5.93. The molecule has 1 N–H and O–H groups in total. The summed E-state index contributed by atoms with van der Waals surface area (Å²) >= 11 is 5.85. The van der Waals surface area contributed by atoms with Crippen LogP contribution in [0.2, 0.25) is 5.02 Å². The summed E-state index contributed by atoms with van der Waals surface area (Å²) in [4.78, 5) is 21.2. The van der Waals surface area contributed by atoms with Gasteiger partial charge in [-0.15, -0.1) is 0 Å². The number of methoxy groups -OCH3 is 1. The van der Waals surface area contributed by atoms with Crippen molar-refractivity contribution in [1.29, 1.82) is 0 Å². The van der Waals surface area contributed by atoms with Gasteiger partial charge >= 0.3 is 0 Å². The number of amides is 1. The first-order valence-electron chi connectivity index (χ1n) is 8.52. The number of pyridine rings is 1. The number of benzene rings is 1. The number of hydrogen-bond donors (Lipinski definition) is 1.